The highest BCUT2D eigenvalue weighted by Gasteiger charge is 2.78. The van der Waals surface area contributed by atoms with Gasteiger partial charge in [-0.15, -0.1) is 0 Å². The van der Waals surface area contributed by atoms with Crippen LogP contribution >= 0.6 is 24.0 Å². The summed E-state index contributed by atoms with van der Waals surface area (Å²) in [5.41, 5.74) is -2.30. The number of amides is 1. The van der Waals surface area contributed by atoms with Gasteiger partial charge in [-0.05, 0) is 59.6 Å². The van der Waals surface area contributed by atoms with Crippen molar-refractivity contribution in [2.24, 2.45) is 0 Å². The number of thiocarbonyl (C=S) groups is 1. The van der Waals surface area contributed by atoms with Gasteiger partial charge in [0, 0.05) is 12.9 Å². The Bertz CT molecular complexity index is 634. The van der Waals surface area contributed by atoms with E-state index in [0.29, 0.717) is 30.0 Å². The van der Waals surface area contributed by atoms with E-state index >= 15 is 0 Å². The largest absolute Gasteiger partial charge is 0.434 e. The second-order valence-corrected chi connectivity index (χ2v) is 9.60. The van der Waals surface area contributed by atoms with Crippen molar-refractivity contribution in [3.05, 3.63) is 11.6 Å². The van der Waals surface area contributed by atoms with Crippen LogP contribution in [0.15, 0.2) is 11.6 Å². The number of rotatable bonds is 7. The van der Waals surface area contributed by atoms with E-state index in [1.54, 1.807) is 14.0 Å². The molecule has 2 N–H and O–H groups in total. The fourth-order valence-corrected chi connectivity index (χ4v) is 5.45. The van der Waals surface area contributed by atoms with Crippen LogP contribution in [0.1, 0.15) is 53.4 Å². The SMILES string of the molecule is COC1CCCC(O)(CSC)C1(OC(=O)NC(C)=S)C1(C)OC1CC=C(C)C. The van der Waals surface area contributed by atoms with Crippen molar-refractivity contribution in [3.8, 4) is 0 Å². The van der Waals surface area contributed by atoms with E-state index in [1.165, 1.54) is 17.3 Å². The van der Waals surface area contributed by atoms with Crippen LogP contribution in [0.4, 0.5) is 4.79 Å². The van der Waals surface area contributed by atoms with Crippen LogP contribution in [0.5, 0.6) is 0 Å². The molecule has 0 spiro atoms. The van der Waals surface area contributed by atoms with Gasteiger partial charge in [0.1, 0.15) is 17.3 Å². The Morgan fingerprint density at radius 3 is 2.64 bits per heavy atom. The molecule has 0 aromatic rings. The minimum atomic E-state index is -1.34. The maximum atomic E-state index is 12.7. The van der Waals surface area contributed by atoms with Gasteiger partial charge in [-0.1, -0.05) is 23.9 Å². The van der Waals surface area contributed by atoms with Crippen LogP contribution in [-0.2, 0) is 14.2 Å². The van der Waals surface area contributed by atoms with Crippen molar-refractivity contribution in [2.45, 2.75) is 82.4 Å². The van der Waals surface area contributed by atoms with Gasteiger partial charge >= 0.3 is 6.09 Å². The Morgan fingerprint density at radius 1 is 1.43 bits per heavy atom. The molecule has 0 aromatic carbocycles. The number of nitrogens with one attached hydrogen (secondary N) is 1. The number of aliphatic hydroxyl groups is 1. The van der Waals surface area contributed by atoms with Gasteiger partial charge in [0.25, 0.3) is 0 Å². The molecule has 1 aliphatic heterocycles. The Kier molecular flexibility index (Phi) is 7.59. The van der Waals surface area contributed by atoms with E-state index in [4.69, 9.17) is 26.4 Å². The Hall–Kier alpha value is -0.670. The predicted octanol–water partition coefficient (Wildman–Crippen LogP) is 3.61. The molecule has 5 unspecified atom stereocenters. The van der Waals surface area contributed by atoms with Gasteiger partial charge in [-0.2, -0.15) is 11.8 Å². The second-order valence-electron chi connectivity index (χ2n) is 8.12. The Balaban J connectivity index is 2.51. The molecule has 0 aromatic heterocycles. The third kappa shape index (κ3) is 4.26. The van der Waals surface area contributed by atoms with Crippen molar-refractivity contribution >= 4 is 35.1 Å². The molecule has 1 saturated heterocycles. The maximum Gasteiger partial charge on any atom is 0.412 e. The molecule has 0 bridgehead atoms. The molecule has 160 valence electrons. The molecule has 0 radical (unpaired) electrons. The third-order valence-electron chi connectivity index (χ3n) is 5.82. The highest BCUT2D eigenvalue weighted by molar-refractivity contribution is 7.98. The first-order chi connectivity index (χ1) is 13.1. The molecule has 28 heavy (non-hydrogen) atoms. The van der Waals surface area contributed by atoms with Gasteiger partial charge in [0.05, 0.1) is 11.1 Å². The summed E-state index contributed by atoms with van der Waals surface area (Å²) in [6.45, 7) is 7.59. The maximum absolute atomic E-state index is 12.7. The van der Waals surface area contributed by atoms with Gasteiger partial charge in [-0.25, -0.2) is 4.79 Å². The molecule has 5 atom stereocenters. The van der Waals surface area contributed by atoms with Crippen LogP contribution in [0.2, 0.25) is 0 Å². The molecule has 1 saturated carbocycles. The molecule has 1 aliphatic carbocycles. The quantitative estimate of drug-likeness (QED) is 0.362. The summed E-state index contributed by atoms with van der Waals surface area (Å²) in [6.07, 6.45) is 5.32. The van der Waals surface area contributed by atoms with Crippen LogP contribution in [0, 0.1) is 0 Å². The van der Waals surface area contributed by atoms with Crippen LogP contribution in [-0.4, -0.2) is 64.3 Å². The van der Waals surface area contributed by atoms with Crippen LogP contribution < -0.4 is 5.32 Å². The molecular formula is C20H33NO5S2. The highest BCUT2D eigenvalue weighted by atomic mass is 32.2. The fraction of sp³-hybridized carbons (Fsp3) is 0.800. The average Bonchev–Trinajstić information content (AvgIpc) is 3.26. The average molecular weight is 432 g/mol. The lowest BCUT2D eigenvalue weighted by molar-refractivity contribution is -0.245. The first kappa shape index (κ1) is 23.6. The third-order valence-corrected chi connectivity index (χ3v) is 6.69. The number of hydrogen-bond donors (Lipinski definition) is 2. The van der Waals surface area contributed by atoms with E-state index in [1.807, 2.05) is 27.0 Å². The number of carbonyl (C=O) groups excluding carboxylic acids is 1. The molecular weight excluding hydrogens is 398 g/mol. The minimum absolute atomic E-state index is 0.173. The standard InChI is InChI=1S/C20H33NO5S2/c1-13(2)9-10-15-18(4,25-15)20(26-17(22)21-14(3)27)16(24-5)8-7-11-19(20,23)12-28-6/h9,15-16,23H,7-8,10-12H2,1-6H3,(H,21,22,27). The Morgan fingerprint density at radius 2 is 2.11 bits per heavy atom. The van der Waals surface area contributed by atoms with Crippen molar-refractivity contribution in [1.82, 2.24) is 5.32 Å². The van der Waals surface area contributed by atoms with E-state index in [0.717, 1.165) is 6.42 Å². The summed E-state index contributed by atoms with van der Waals surface area (Å²) in [5, 5.41) is 14.3. The smallest absolute Gasteiger partial charge is 0.412 e. The topological polar surface area (TPSA) is 80.3 Å². The number of ether oxygens (including phenoxy) is 3. The van der Waals surface area contributed by atoms with E-state index < -0.39 is 29.0 Å². The first-order valence-corrected chi connectivity index (χ1v) is 11.4. The zero-order valence-electron chi connectivity index (χ0n) is 17.7. The van der Waals surface area contributed by atoms with Crippen LogP contribution in [0.25, 0.3) is 0 Å². The van der Waals surface area contributed by atoms with E-state index in [2.05, 4.69) is 11.4 Å². The summed E-state index contributed by atoms with van der Waals surface area (Å²) >= 11 is 6.51. The van der Waals surface area contributed by atoms with Gasteiger partial charge < -0.3 is 19.3 Å². The lowest BCUT2D eigenvalue weighted by Gasteiger charge is -2.54. The van der Waals surface area contributed by atoms with Crippen molar-refractivity contribution in [2.75, 3.05) is 19.1 Å². The van der Waals surface area contributed by atoms with Gasteiger partial charge in [-0.3, -0.25) is 5.32 Å². The molecule has 1 amide bonds. The number of alkyl carbamates (subject to hydrolysis) is 1. The molecule has 8 heteroatoms. The highest BCUT2D eigenvalue weighted by Crippen LogP contribution is 2.59. The number of thioether (sulfide) groups is 1. The first-order valence-electron chi connectivity index (χ1n) is 9.62. The summed E-state index contributed by atoms with van der Waals surface area (Å²) in [6, 6.07) is 0. The predicted molar refractivity (Wildman–Crippen MR) is 116 cm³/mol. The monoisotopic (exact) mass is 431 g/mol. The summed E-state index contributed by atoms with van der Waals surface area (Å²) in [7, 11) is 1.59. The number of methoxy groups -OCH3 is 1. The van der Waals surface area contributed by atoms with Crippen molar-refractivity contribution < 1.29 is 24.1 Å². The number of epoxide rings is 1. The summed E-state index contributed by atoms with van der Waals surface area (Å²) in [4.78, 5) is 13.0. The number of carbonyl (C=O) groups is 1. The van der Waals surface area contributed by atoms with Crippen molar-refractivity contribution in [3.63, 3.8) is 0 Å². The van der Waals surface area contributed by atoms with E-state index in [-0.39, 0.29) is 6.10 Å². The second kappa shape index (κ2) is 9.00. The zero-order valence-corrected chi connectivity index (χ0v) is 19.3. The lowest BCUT2D eigenvalue weighted by Crippen LogP contribution is -2.74. The normalized spacial score (nSPS) is 37.1. The Labute approximate surface area is 177 Å². The summed E-state index contributed by atoms with van der Waals surface area (Å²) in [5.74, 6) is 0.408. The van der Waals surface area contributed by atoms with Gasteiger partial charge in [0.2, 0.25) is 0 Å². The molecule has 2 aliphatic rings. The zero-order chi connectivity index (χ0) is 21.2. The summed E-state index contributed by atoms with van der Waals surface area (Å²) < 4.78 is 18.0. The molecule has 6 nitrogen and oxygen atoms in total. The molecule has 1 heterocycles. The van der Waals surface area contributed by atoms with Crippen molar-refractivity contribution in [1.29, 1.82) is 0 Å². The number of hydrogen-bond acceptors (Lipinski definition) is 7. The molecule has 2 fully saturated rings. The fourth-order valence-electron chi connectivity index (χ4n) is 4.53. The number of allylic oxidation sites excluding steroid dienone is 1. The van der Waals surface area contributed by atoms with Gasteiger partial charge in [0.15, 0.2) is 5.60 Å². The van der Waals surface area contributed by atoms with E-state index in [9.17, 15) is 9.90 Å². The lowest BCUT2D eigenvalue weighted by atomic mass is 9.63. The molecule has 2 rings (SSSR count). The minimum Gasteiger partial charge on any atom is -0.434 e. The van der Waals surface area contributed by atoms with Crippen LogP contribution in [0.3, 0.4) is 0 Å².